The van der Waals surface area contributed by atoms with Crippen LogP contribution in [0, 0.1) is 0 Å². The second-order valence-corrected chi connectivity index (χ2v) is 3.89. The molecule has 0 aliphatic rings. The van der Waals surface area contributed by atoms with E-state index < -0.39 is 15.2 Å². The molecule has 0 bridgehead atoms. The third kappa shape index (κ3) is 3.18. The van der Waals surface area contributed by atoms with Crippen molar-refractivity contribution < 1.29 is 17.4 Å². The van der Waals surface area contributed by atoms with Crippen molar-refractivity contribution in [1.29, 1.82) is 0 Å². The first-order valence-electron chi connectivity index (χ1n) is 3.48. The standard InChI is InChI=1S/C8H8O4S.Na.H/c1-12-13(10,11)8(9)7-5-3-2-4-6-7;;/h2-6H,1H3;;. The van der Waals surface area contributed by atoms with Crippen molar-refractivity contribution in [2.24, 2.45) is 0 Å². The van der Waals surface area contributed by atoms with E-state index in [4.69, 9.17) is 0 Å². The molecule has 0 N–H and O–H groups in total. The summed E-state index contributed by atoms with van der Waals surface area (Å²) in [6, 6.07) is 7.69. The van der Waals surface area contributed by atoms with Gasteiger partial charge in [-0.15, -0.1) is 0 Å². The number of benzene rings is 1. The minimum absolute atomic E-state index is 0. The van der Waals surface area contributed by atoms with Gasteiger partial charge in [-0.05, 0) is 0 Å². The maximum atomic E-state index is 11.2. The Morgan fingerprint density at radius 2 is 1.71 bits per heavy atom. The number of rotatable bonds is 2. The van der Waals surface area contributed by atoms with Gasteiger partial charge in [-0.3, -0.25) is 8.98 Å². The van der Waals surface area contributed by atoms with Crippen molar-refractivity contribution >= 4 is 44.8 Å². The average Bonchev–Trinajstić information content (AvgIpc) is 2.18. The van der Waals surface area contributed by atoms with Crippen LogP contribution in [0.25, 0.3) is 0 Å². The number of hydrogen-bond acceptors (Lipinski definition) is 4. The van der Waals surface area contributed by atoms with Crippen LogP contribution in [-0.2, 0) is 14.3 Å². The van der Waals surface area contributed by atoms with E-state index in [0.717, 1.165) is 7.11 Å². The average molecular weight is 224 g/mol. The summed E-state index contributed by atoms with van der Waals surface area (Å²) in [7, 11) is -3.14. The second kappa shape index (κ2) is 5.63. The van der Waals surface area contributed by atoms with Gasteiger partial charge in [0.1, 0.15) is 0 Å². The Kier molecular flexibility index (Phi) is 5.54. The predicted molar refractivity (Wildman–Crippen MR) is 53.9 cm³/mol. The topological polar surface area (TPSA) is 60.4 Å². The summed E-state index contributed by atoms with van der Waals surface area (Å²) in [5.41, 5.74) is 0.101. The molecule has 1 aromatic rings. The van der Waals surface area contributed by atoms with E-state index in [1.54, 1.807) is 18.2 Å². The molecular formula is C8H9NaO4S. The zero-order valence-corrected chi connectivity index (χ0v) is 7.74. The Hall–Kier alpha value is -0.200. The van der Waals surface area contributed by atoms with E-state index in [-0.39, 0.29) is 35.1 Å². The van der Waals surface area contributed by atoms with Crippen LogP contribution in [0.1, 0.15) is 10.4 Å². The van der Waals surface area contributed by atoms with Crippen molar-refractivity contribution in [1.82, 2.24) is 0 Å². The van der Waals surface area contributed by atoms with Crippen molar-refractivity contribution in [3.63, 3.8) is 0 Å². The first kappa shape index (κ1) is 13.8. The SMILES string of the molecule is COS(=O)(=O)C(=O)c1ccccc1.[NaH]. The van der Waals surface area contributed by atoms with Crippen molar-refractivity contribution in [2.45, 2.75) is 0 Å². The van der Waals surface area contributed by atoms with Gasteiger partial charge in [0.15, 0.2) is 0 Å². The summed E-state index contributed by atoms with van der Waals surface area (Å²) in [6.45, 7) is 0. The second-order valence-electron chi connectivity index (χ2n) is 2.27. The van der Waals surface area contributed by atoms with Crippen molar-refractivity contribution in [3.05, 3.63) is 35.9 Å². The molecule has 0 aliphatic heterocycles. The summed E-state index contributed by atoms with van der Waals surface area (Å²) in [6.07, 6.45) is 0. The van der Waals surface area contributed by atoms with E-state index >= 15 is 0 Å². The number of carbonyl (C=O) groups excluding carboxylic acids is 1. The van der Waals surface area contributed by atoms with E-state index in [9.17, 15) is 13.2 Å². The molecule has 0 amide bonds. The summed E-state index contributed by atoms with van der Waals surface area (Å²) in [4.78, 5) is 11.2. The van der Waals surface area contributed by atoms with Gasteiger partial charge < -0.3 is 0 Å². The summed E-state index contributed by atoms with van der Waals surface area (Å²) >= 11 is 0. The Labute approximate surface area is 105 Å². The molecule has 14 heavy (non-hydrogen) atoms. The maximum absolute atomic E-state index is 11.2. The molecule has 0 heterocycles. The Morgan fingerprint density at radius 3 is 2.14 bits per heavy atom. The van der Waals surface area contributed by atoms with Crippen LogP contribution >= 0.6 is 0 Å². The van der Waals surface area contributed by atoms with Gasteiger partial charge in [-0.25, -0.2) is 0 Å². The summed E-state index contributed by atoms with van der Waals surface area (Å²) < 4.78 is 25.9. The van der Waals surface area contributed by atoms with Gasteiger partial charge in [0.2, 0.25) is 0 Å². The quantitative estimate of drug-likeness (QED) is 0.530. The Bertz CT molecular complexity index is 399. The summed E-state index contributed by atoms with van der Waals surface area (Å²) in [5.74, 6) is 0. The molecule has 0 aliphatic carbocycles. The van der Waals surface area contributed by atoms with Gasteiger partial charge in [-0.2, -0.15) is 8.42 Å². The molecular weight excluding hydrogens is 215 g/mol. The molecule has 1 aromatic carbocycles. The molecule has 0 radical (unpaired) electrons. The molecule has 0 spiro atoms. The Morgan fingerprint density at radius 1 is 1.21 bits per heavy atom. The third-order valence-corrected chi connectivity index (χ3v) is 2.58. The fourth-order valence-corrected chi connectivity index (χ4v) is 1.37. The molecule has 0 unspecified atom stereocenters. The van der Waals surface area contributed by atoms with E-state index in [0.29, 0.717) is 0 Å². The van der Waals surface area contributed by atoms with Crippen LogP contribution < -0.4 is 0 Å². The van der Waals surface area contributed by atoms with E-state index in [2.05, 4.69) is 4.18 Å². The van der Waals surface area contributed by atoms with Crippen LogP contribution in [0.2, 0.25) is 0 Å². The molecule has 0 fully saturated rings. The molecule has 1 rings (SSSR count). The Balaban J connectivity index is 0.00000169. The fraction of sp³-hybridized carbons (Fsp3) is 0.125. The van der Waals surface area contributed by atoms with Gasteiger partial charge in [-0.1, -0.05) is 30.3 Å². The number of hydrogen-bond donors (Lipinski definition) is 0. The zero-order chi connectivity index (χ0) is 9.90. The molecule has 4 nitrogen and oxygen atoms in total. The molecule has 6 heteroatoms. The van der Waals surface area contributed by atoms with Gasteiger partial charge >= 0.3 is 44.8 Å². The first-order valence-corrected chi connectivity index (χ1v) is 4.89. The van der Waals surface area contributed by atoms with Crippen LogP contribution in [0.4, 0.5) is 0 Å². The van der Waals surface area contributed by atoms with Crippen LogP contribution in [0.3, 0.4) is 0 Å². The van der Waals surface area contributed by atoms with Gasteiger partial charge in [0.25, 0.3) is 0 Å². The van der Waals surface area contributed by atoms with Crippen molar-refractivity contribution in [3.8, 4) is 0 Å². The fourth-order valence-electron chi connectivity index (χ4n) is 0.794. The summed E-state index contributed by atoms with van der Waals surface area (Å²) in [5, 5.41) is -1.02. The minimum atomic E-state index is -4.09. The van der Waals surface area contributed by atoms with Crippen LogP contribution in [0.15, 0.2) is 30.3 Å². The predicted octanol–water partition coefficient (Wildman–Crippen LogP) is 0.155. The molecule has 0 aromatic heterocycles. The van der Waals surface area contributed by atoms with Crippen LogP contribution in [-0.4, -0.2) is 50.2 Å². The monoisotopic (exact) mass is 224 g/mol. The van der Waals surface area contributed by atoms with E-state index in [1.165, 1.54) is 12.1 Å². The third-order valence-electron chi connectivity index (χ3n) is 1.46. The van der Waals surface area contributed by atoms with E-state index in [1.807, 2.05) is 0 Å². The van der Waals surface area contributed by atoms with Gasteiger partial charge in [0, 0.05) is 5.56 Å². The molecule has 0 atom stereocenters. The molecule has 0 saturated heterocycles. The van der Waals surface area contributed by atoms with Crippen LogP contribution in [0.5, 0.6) is 0 Å². The molecule has 72 valence electrons. The number of carbonyl (C=O) groups is 1. The molecule has 0 saturated carbocycles. The van der Waals surface area contributed by atoms with Crippen molar-refractivity contribution in [2.75, 3.05) is 7.11 Å². The first-order chi connectivity index (χ1) is 6.08. The normalized spacial score (nSPS) is 10.4. The van der Waals surface area contributed by atoms with Gasteiger partial charge in [0.05, 0.1) is 7.11 Å². The zero-order valence-electron chi connectivity index (χ0n) is 6.93.